The highest BCUT2D eigenvalue weighted by Gasteiger charge is 2.30. The maximum absolute atomic E-state index is 13.0. The number of benzene rings is 1. The molecule has 0 N–H and O–H groups in total. The third-order valence-corrected chi connectivity index (χ3v) is 3.90. The van der Waals surface area contributed by atoms with Gasteiger partial charge in [0.15, 0.2) is 11.5 Å². The predicted octanol–water partition coefficient (Wildman–Crippen LogP) is 3.30. The number of anilines is 1. The van der Waals surface area contributed by atoms with E-state index in [9.17, 15) is 9.18 Å². The highest BCUT2D eigenvalue weighted by molar-refractivity contribution is 6.06. The Morgan fingerprint density at radius 2 is 2.08 bits per heavy atom. The average Bonchev–Trinajstić information content (AvgIpc) is 3.11. The molecule has 6 nitrogen and oxygen atoms in total. The van der Waals surface area contributed by atoms with Gasteiger partial charge in [0.05, 0.1) is 6.54 Å². The molecule has 3 heterocycles. The van der Waals surface area contributed by atoms with Crippen molar-refractivity contribution in [1.29, 1.82) is 0 Å². The van der Waals surface area contributed by atoms with Crippen LogP contribution in [0.2, 0.25) is 0 Å². The van der Waals surface area contributed by atoms with Crippen LogP contribution in [0.5, 0.6) is 5.88 Å². The number of pyridine rings is 1. The van der Waals surface area contributed by atoms with E-state index in [4.69, 9.17) is 9.26 Å². The topological polar surface area (TPSA) is 68.5 Å². The van der Waals surface area contributed by atoms with E-state index in [-0.39, 0.29) is 23.5 Å². The number of ether oxygens (including phenoxy) is 1. The minimum absolute atomic E-state index is 0.170. The molecule has 0 radical (unpaired) electrons. The summed E-state index contributed by atoms with van der Waals surface area (Å²) in [5, 5.41) is 3.87. The van der Waals surface area contributed by atoms with Crippen molar-refractivity contribution < 1.29 is 18.4 Å². The molecule has 1 aromatic carbocycles. The van der Waals surface area contributed by atoms with Crippen molar-refractivity contribution in [3.63, 3.8) is 0 Å². The van der Waals surface area contributed by atoms with Crippen molar-refractivity contribution in [3.8, 4) is 17.2 Å². The zero-order valence-corrected chi connectivity index (χ0v) is 13.3. The van der Waals surface area contributed by atoms with Crippen LogP contribution in [0.15, 0.2) is 53.2 Å². The Balaban J connectivity index is 1.65. The summed E-state index contributed by atoms with van der Waals surface area (Å²) in [6.07, 6.45) is 1.43. The van der Waals surface area contributed by atoms with Crippen LogP contribution in [-0.2, 0) is 0 Å². The van der Waals surface area contributed by atoms with E-state index in [1.807, 2.05) is 6.92 Å². The molecular formula is C18H14FN3O3. The first kappa shape index (κ1) is 15.3. The average molecular weight is 339 g/mol. The van der Waals surface area contributed by atoms with Crippen molar-refractivity contribution in [1.82, 2.24) is 10.1 Å². The van der Waals surface area contributed by atoms with Crippen LogP contribution >= 0.6 is 0 Å². The van der Waals surface area contributed by atoms with Gasteiger partial charge in [0.25, 0.3) is 5.91 Å². The van der Waals surface area contributed by atoms with Crippen molar-refractivity contribution >= 4 is 11.6 Å². The van der Waals surface area contributed by atoms with Crippen LogP contribution in [0, 0.1) is 5.82 Å². The monoisotopic (exact) mass is 339 g/mol. The van der Waals surface area contributed by atoms with Gasteiger partial charge in [-0.25, -0.2) is 9.37 Å². The van der Waals surface area contributed by atoms with Gasteiger partial charge in [0, 0.05) is 17.8 Å². The van der Waals surface area contributed by atoms with Gasteiger partial charge in [-0.15, -0.1) is 0 Å². The number of nitrogens with zero attached hydrogens (tertiary/aromatic N) is 3. The van der Waals surface area contributed by atoms with E-state index >= 15 is 0 Å². The normalized spacial score (nSPS) is 16.2. The summed E-state index contributed by atoms with van der Waals surface area (Å²) in [6, 6.07) is 10.8. The van der Waals surface area contributed by atoms with Crippen LogP contribution in [0.25, 0.3) is 11.3 Å². The van der Waals surface area contributed by atoms with Crippen molar-refractivity contribution in [2.24, 2.45) is 0 Å². The first-order valence-electron chi connectivity index (χ1n) is 7.78. The molecule has 1 amide bonds. The van der Waals surface area contributed by atoms with Gasteiger partial charge in [-0.1, -0.05) is 5.16 Å². The van der Waals surface area contributed by atoms with E-state index < -0.39 is 0 Å². The molecule has 1 atom stereocenters. The van der Waals surface area contributed by atoms with Gasteiger partial charge in [0.1, 0.15) is 17.6 Å². The maximum atomic E-state index is 13.0. The van der Waals surface area contributed by atoms with E-state index in [1.54, 1.807) is 41.4 Å². The summed E-state index contributed by atoms with van der Waals surface area (Å²) in [4.78, 5) is 18.6. The number of halogens is 1. The Labute approximate surface area is 142 Å². The number of carbonyl (C=O) groups excluding carboxylic acids is 1. The Bertz CT molecular complexity index is 923. The fourth-order valence-corrected chi connectivity index (χ4v) is 2.72. The lowest BCUT2D eigenvalue weighted by atomic mass is 10.1. The minimum atomic E-state index is -0.342. The maximum Gasteiger partial charge on any atom is 0.280 e. The Hall–Kier alpha value is -3.22. The molecule has 1 aliphatic heterocycles. The lowest BCUT2D eigenvalue weighted by molar-refractivity contribution is 0.0950. The van der Waals surface area contributed by atoms with Gasteiger partial charge in [-0.05, 0) is 43.3 Å². The summed E-state index contributed by atoms with van der Waals surface area (Å²) in [6.45, 7) is 2.25. The lowest BCUT2D eigenvalue weighted by Crippen LogP contribution is -2.42. The molecule has 25 heavy (non-hydrogen) atoms. The molecule has 0 spiro atoms. The molecule has 0 bridgehead atoms. The van der Waals surface area contributed by atoms with Crippen molar-refractivity contribution in [2.75, 3.05) is 11.4 Å². The van der Waals surface area contributed by atoms with Crippen LogP contribution in [0.1, 0.15) is 17.4 Å². The second kappa shape index (κ2) is 6.01. The molecular weight excluding hydrogens is 325 g/mol. The summed E-state index contributed by atoms with van der Waals surface area (Å²) >= 11 is 0. The Kier molecular flexibility index (Phi) is 3.68. The van der Waals surface area contributed by atoms with Gasteiger partial charge in [0.2, 0.25) is 5.88 Å². The van der Waals surface area contributed by atoms with E-state index in [0.717, 1.165) is 0 Å². The molecule has 3 aromatic rings. The quantitative estimate of drug-likeness (QED) is 0.716. The molecule has 0 saturated carbocycles. The van der Waals surface area contributed by atoms with E-state index in [0.29, 0.717) is 29.4 Å². The summed E-state index contributed by atoms with van der Waals surface area (Å²) < 4.78 is 23.9. The van der Waals surface area contributed by atoms with Gasteiger partial charge in [-0.3, -0.25) is 9.69 Å². The lowest BCUT2D eigenvalue weighted by Gasteiger charge is -2.31. The molecule has 126 valence electrons. The predicted molar refractivity (Wildman–Crippen MR) is 87.9 cm³/mol. The van der Waals surface area contributed by atoms with E-state index in [1.165, 1.54) is 12.1 Å². The molecule has 7 heteroatoms. The minimum Gasteiger partial charge on any atom is -0.471 e. The van der Waals surface area contributed by atoms with Gasteiger partial charge >= 0.3 is 0 Å². The van der Waals surface area contributed by atoms with E-state index in [2.05, 4.69) is 10.1 Å². The number of hydrogen-bond donors (Lipinski definition) is 0. The Morgan fingerprint density at radius 1 is 1.28 bits per heavy atom. The highest BCUT2D eigenvalue weighted by Crippen LogP contribution is 2.32. The molecule has 0 aliphatic carbocycles. The van der Waals surface area contributed by atoms with Crippen LogP contribution in [0.3, 0.4) is 0 Å². The summed E-state index contributed by atoms with van der Waals surface area (Å²) in [7, 11) is 0. The first-order valence-corrected chi connectivity index (χ1v) is 7.78. The van der Waals surface area contributed by atoms with Gasteiger partial charge < -0.3 is 9.26 Å². The molecule has 0 unspecified atom stereocenters. The molecule has 4 rings (SSSR count). The highest BCUT2D eigenvalue weighted by atomic mass is 19.1. The number of fused-ring (bicyclic) bond motifs is 1. The number of carbonyl (C=O) groups is 1. The summed E-state index contributed by atoms with van der Waals surface area (Å²) in [5.41, 5.74) is 1.41. The number of hydrogen-bond acceptors (Lipinski definition) is 5. The number of aromatic nitrogens is 2. The second-order valence-corrected chi connectivity index (χ2v) is 5.76. The number of rotatable bonds is 2. The SMILES string of the molecule is C[C@@H]1CN(C(=O)c2cc(-c3ccc(F)cc3)on2)c2cccnc2O1. The van der Waals surface area contributed by atoms with Crippen molar-refractivity contribution in [3.05, 3.63) is 60.2 Å². The fourth-order valence-electron chi connectivity index (χ4n) is 2.72. The van der Waals surface area contributed by atoms with Gasteiger partial charge in [-0.2, -0.15) is 0 Å². The van der Waals surface area contributed by atoms with Crippen LogP contribution in [0.4, 0.5) is 10.1 Å². The van der Waals surface area contributed by atoms with Crippen molar-refractivity contribution in [2.45, 2.75) is 13.0 Å². The zero-order valence-electron chi connectivity index (χ0n) is 13.3. The molecule has 1 aliphatic rings. The second-order valence-electron chi connectivity index (χ2n) is 5.76. The first-order chi connectivity index (χ1) is 12.1. The molecule has 2 aromatic heterocycles. The summed E-state index contributed by atoms with van der Waals surface area (Å²) in [5.74, 6) is 0.167. The third-order valence-electron chi connectivity index (χ3n) is 3.90. The largest absolute Gasteiger partial charge is 0.471 e. The van der Waals surface area contributed by atoms with Crippen LogP contribution in [-0.4, -0.2) is 28.7 Å². The number of amides is 1. The Morgan fingerprint density at radius 3 is 2.88 bits per heavy atom. The molecule has 0 saturated heterocycles. The third kappa shape index (κ3) is 2.84. The smallest absolute Gasteiger partial charge is 0.280 e. The zero-order chi connectivity index (χ0) is 17.4. The fraction of sp³-hybridized carbons (Fsp3) is 0.167. The van der Waals surface area contributed by atoms with Crippen LogP contribution < -0.4 is 9.64 Å². The standard InChI is InChI=1S/C18H14FN3O3/c1-11-10-22(15-3-2-8-20-17(15)24-11)18(23)14-9-16(25-21-14)12-4-6-13(19)7-5-12/h2-9,11H,10H2,1H3/t11-/m1/s1. The molecule has 0 fully saturated rings.